The Balaban J connectivity index is 1.76. The van der Waals surface area contributed by atoms with Crippen LogP contribution in [0.3, 0.4) is 0 Å². The van der Waals surface area contributed by atoms with E-state index in [1.54, 1.807) is 62.4 Å². The Kier molecular flexibility index (Phi) is 11.6. The third kappa shape index (κ3) is 9.90. The highest BCUT2D eigenvalue weighted by molar-refractivity contribution is 7.89. The van der Waals surface area contributed by atoms with E-state index in [4.69, 9.17) is 9.47 Å². The Morgan fingerprint density at radius 1 is 0.619 bits per heavy atom. The summed E-state index contributed by atoms with van der Waals surface area (Å²) in [6.45, 7) is 6.70. The van der Waals surface area contributed by atoms with Crippen molar-refractivity contribution >= 4 is 32.0 Å². The molecule has 0 radical (unpaired) electrons. The number of hydrogen-bond donors (Lipinski definition) is 2. The molecule has 2 N–H and O–H groups in total. The van der Waals surface area contributed by atoms with Crippen molar-refractivity contribution in [1.82, 2.24) is 9.44 Å². The molecule has 0 bridgehead atoms. The number of carbonyl (C=O) groups excluding carboxylic acids is 2. The van der Waals surface area contributed by atoms with E-state index in [-0.39, 0.29) is 35.8 Å². The van der Waals surface area contributed by atoms with Crippen molar-refractivity contribution in [3.8, 4) is 0 Å². The Hall–Kier alpha value is -3.32. The molecule has 10 nitrogen and oxygen atoms in total. The van der Waals surface area contributed by atoms with Crippen molar-refractivity contribution in [3.63, 3.8) is 0 Å². The molecule has 0 aromatic heterocycles. The molecular formula is C30H38N2O8S2. The molecule has 0 fully saturated rings. The molecule has 12 heteroatoms. The predicted octanol–water partition coefficient (Wildman–Crippen LogP) is 3.56. The molecule has 4 atom stereocenters. The summed E-state index contributed by atoms with van der Waals surface area (Å²) < 4.78 is 68.1. The Bertz CT molecular complexity index is 1380. The predicted molar refractivity (Wildman–Crippen MR) is 158 cm³/mol. The summed E-state index contributed by atoms with van der Waals surface area (Å²) in [5, 5.41) is 0. The fourth-order valence-corrected chi connectivity index (χ4v) is 6.69. The molecule has 42 heavy (non-hydrogen) atoms. The smallest absolute Gasteiger partial charge is 0.309 e. The lowest BCUT2D eigenvalue weighted by Gasteiger charge is -2.24. The highest BCUT2D eigenvalue weighted by Crippen LogP contribution is 2.17. The molecule has 0 saturated heterocycles. The Morgan fingerprint density at radius 3 is 1.29 bits per heavy atom. The zero-order chi connectivity index (χ0) is 30.9. The number of carbonyl (C=O) groups is 2. The number of cyclic esters (lactones) is 2. The molecule has 0 amide bonds. The minimum absolute atomic E-state index is 0.0794. The highest BCUT2D eigenvalue weighted by atomic mass is 32.2. The van der Waals surface area contributed by atoms with Crippen molar-refractivity contribution in [2.45, 2.75) is 62.4 Å². The van der Waals surface area contributed by atoms with E-state index in [2.05, 4.69) is 9.44 Å². The van der Waals surface area contributed by atoms with Gasteiger partial charge < -0.3 is 9.47 Å². The molecule has 2 aromatic rings. The topological polar surface area (TPSA) is 145 Å². The van der Waals surface area contributed by atoms with Crippen LogP contribution in [0, 0.1) is 25.7 Å². The summed E-state index contributed by atoms with van der Waals surface area (Å²) in [5.74, 6) is -2.07. The fraction of sp³-hybridized carbons (Fsp3) is 0.400. The van der Waals surface area contributed by atoms with E-state index in [0.717, 1.165) is 11.1 Å². The Labute approximate surface area is 248 Å². The van der Waals surface area contributed by atoms with Gasteiger partial charge in [-0.15, -0.1) is 0 Å². The molecule has 0 spiro atoms. The van der Waals surface area contributed by atoms with Crippen LogP contribution in [0.15, 0.2) is 82.6 Å². The summed E-state index contributed by atoms with van der Waals surface area (Å²) >= 11 is 0. The Morgan fingerprint density at radius 2 is 0.952 bits per heavy atom. The maximum Gasteiger partial charge on any atom is 0.309 e. The van der Waals surface area contributed by atoms with Crippen LogP contribution >= 0.6 is 0 Å². The first kappa shape index (κ1) is 33.2. The molecule has 228 valence electrons. The van der Waals surface area contributed by atoms with Crippen molar-refractivity contribution < 1.29 is 35.9 Å². The third-order valence-electron chi connectivity index (χ3n) is 6.84. The average molecular weight is 619 g/mol. The largest absolute Gasteiger partial charge is 0.464 e. The van der Waals surface area contributed by atoms with Crippen LogP contribution in [0.1, 0.15) is 37.8 Å². The summed E-state index contributed by atoms with van der Waals surface area (Å²) in [4.78, 5) is 25.2. The number of nitrogens with one attached hydrogen (secondary N) is 2. The van der Waals surface area contributed by atoms with Crippen LogP contribution in [0.5, 0.6) is 0 Å². The highest BCUT2D eigenvalue weighted by Gasteiger charge is 2.27. The molecule has 1 heterocycles. The van der Waals surface area contributed by atoms with Crippen LogP contribution in [-0.4, -0.2) is 54.1 Å². The molecular weight excluding hydrogens is 580 g/mol. The molecule has 2 unspecified atom stereocenters. The number of benzene rings is 2. The second kappa shape index (κ2) is 14.7. The summed E-state index contributed by atoms with van der Waals surface area (Å²) in [5.41, 5.74) is 1.82. The lowest BCUT2D eigenvalue weighted by atomic mass is 10.0. The standard InChI is InChI=1S/C30H38N2O8S2/c1-21-11-15-25(16-12-21)41(35,36)31-27-19-39-29(33)10-6-8-24(4)28(20-40-30(34)9-5-7-23(27)3)32-42(37,38)26-17-13-22(2)14-18-26/h5-8,11-18,23-24,27-28,31-32H,9-10,19-20H2,1-4H3/t23?,24?,27-,28-/m0/s1. The van der Waals surface area contributed by atoms with Crippen molar-refractivity contribution in [2.24, 2.45) is 11.8 Å². The van der Waals surface area contributed by atoms with Gasteiger partial charge in [0, 0.05) is 0 Å². The molecule has 2 aromatic carbocycles. The van der Waals surface area contributed by atoms with Crippen molar-refractivity contribution in [3.05, 3.63) is 84.0 Å². The van der Waals surface area contributed by atoms with E-state index >= 15 is 0 Å². The van der Waals surface area contributed by atoms with Crippen LogP contribution in [-0.2, 0) is 39.1 Å². The monoisotopic (exact) mass is 618 g/mol. The minimum atomic E-state index is -3.91. The van der Waals surface area contributed by atoms with Gasteiger partial charge in [-0.05, 0) is 49.9 Å². The van der Waals surface area contributed by atoms with Crippen LogP contribution in [0.4, 0.5) is 0 Å². The van der Waals surface area contributed by atoms with E-state index in [1.807, 2.05) is 13.8 Å². The van der Waals surface area contributed by atoms with Gasteiger partial charge in [0.2, 0.25) is 20.0 Å². The van der Waals surface area contributed by atoms with Crippen molar-refractivity contribution in [2.75, 3.05) is 13.2 Å². The van der Waals surface area contributed by atoms with Gasteiger partial charge in [0.15, 0.2) is 0 Å². The number of ether oxygens (including phenoxy) is 2. The van der Waals surface area contributed by atoms with Gasteiger partial charge in [-0.3, -0.25) is 9.59 Å². The summed E-state index contributed by atoms with van der Waals surface area (Å²) in [6, 6.07) is 11.1. The maximum atomic E-state index is 13.0. The summed E-state index contributed by atoms with van der Waals surface area (Å²) in [6.07, 6.45) is 6.13. The quantitative estimate of drug-likeness (QED) is 0.369. The first-order valence-electron chi connectivity index (χ1n) is 13.6. The third-order valence-corrected chi connectivity index (χ3v) is 9.85. The minimum Gasteiger partial charge on any atom is -0.464 e. The molecule has 0 aliphatic carbocycles. The van der Waals surface area contributed by atoms with E-state index in [1.165, 1.54) is 24.3 Å². The molecule has 0 saturated carbocycles. The number of aryl methyl sites for hydroxylation is 2. The van der Waals surface area contributed by atoms with E-state index < -0.39 is 55.9 Å². The van der Waals surface area contributed by atoms with Gasteiger partial charge in [-0.2, -0.15) is 0 Å². The lowest BCUT2D eigenvalue weighted by Crippen LogP contribution is -2.43. The van der Waals surface area contributed by atoms with Crippen LogP contribution in [0.25, 0.3) is 0 Å². The number of esters is 2. The molecule has 1 aliphatic heterocycles. The zero-order valence-electron chi connectivity index (χ0n) is 24.1. The molecule has 1 aliphatic rings. The van der Waals surface area contributed by atoms with Gasteiger partial charge in [0.25, 0.3) is 0 Å². The van der Waals surface area contributed by atoms with Crippen LogP contribution in [0.2, 0.25) is 0 Å². The molecule has 3 rings (SSSR count). The number of hydrogen-bond acceptors (Lipinski definition) is 8. The first-order chi connectivity index (χ1) is 19.8. The van der Waals surface area contributed by atoms with E-state index in [0.29, 0.717) is 0 Å². The van der Waals surface area contributed by atoms with Gasteiger partial charge in [-0.1, -0.05) is 73.5 Å². The SMILES string of the molecule is Cc1ccc(S(=O)(=O)N[C@H]2COC(=O)CC=CC(C)[C@@H](NS(=O)(=O)c3ccc(C)cc3)COC(=O)CC=CC2C)cc1. The average Bonchev–Trinajstić information content (AvgIpc) is 2.93. The van der Waals surface area contributed by atoms with Gasteiger partial charge in [0.1, 0.15) is 13.2 Å². The normalized spacial score (nSPS) is 23.2. The fourth-order valence-electron chi connectivity index (χ4n) is 4.07. The van der Waals surface area contributed by atoms with E-state index in [9.17, 15) is 26.4 Å². The maximum absolute atomic E-state index is 13.0. The number of rotatable bonds is 6. The number of sulfonamides is 2. The first-order valence-corrected chi connectivity index (χ1v) is 16.6. The second-order valence-electron chi connectivity index (χ2n) is 10.4. The van der Waals surface area contributed by atoms with Crippen LogP contribution < -0.4 is 9.44 Å². The van der Waals surface area contributed by atoms with Gasteiger partial charge in [-0.25, -0.2) is 26.3 Å². The van der Waals surface area contributed by atoms with Crippen molar-refractivity contribution in [1.29, 1.82) is 0 Å². The summed E-state index contributed by atoms with van der Waals surface area (Å²) in [7, 11) is -7.83. The lowest BCUT2D eigenvalue weighted by molar-refractivity contribution is -0.144. The van der Waals surface area contributed by atoms with Gasteiger partial charge in [0.05, 0.1) is 34.7 Å². The second-order valence-corrected chi connectivity index (χ2v) is 13.9. The van der Waals surface area contributed by atoms with Gasteiger partial charge >= 0.3 is 11.9 Å². The zero-order valence-corrected chi connectivity index (χ0v) is 25.8.